The Labute approximate surface area is 280 Å². The van der Waals surface area contributed by atoms with Crippen molar-refractivity contribution in [1.82, 2.24) is 0 Å². The molecule has 0 spiro atoms. The topological polar surface area (TPSA) is 34.1 Å². The first-order chi connectivity index (χ1) is 21.3. The van der Waals surface area contributed by atoms with E-state index in [0.717, 1.165) is 0 Å². The third-order valence-corrected chi connectivity index (χ3v) is 120. The third kappa shape index (κ3) is 9.48. The van der Waals surface area contributed by atoms with Crippen LogP contribution in [-0.4, -0.2) is 65.2 Å². The zero-order chi connectivity index (χ0) is 33.5. The standard InChI is InChI=1S/3C12H27P.2CHO.Ru/c3*1-4-7-10-13(11-8-5-2)12-9-6-3;2*1-2;/h3*4-12H2,1-3H3;2*1H;/q;;;;;-3/p+3. The molecule has 0 rings (SSSR count). The van der Waals surface area contributed by atoms with Crippen molar-refractivity contribution >= 4 is 26.5 Å². The summed E-state index contributed by atoms with van der Waals surface area (Å²) in [5.74, 6) is 0. The second-order valence-electron chi connectivity index (χ2n) is 14.5. The van der Waals surface area contributed by atoms with Crippen molar-refractivity contribution in [2.24, 2.45) is 0 Å². The second kappa shape index (κ2) is 24.4. The van der Waals surface area contributed by atoms with Crippen LogP contribution in [0.2, 0.25) is 0 Å². The molecule has 273 valence electrons. The first-order valence-electron chi connectivity index (χ1n) is 20.0. The molecule has 0 aromatic heterocycles. The Morgan fingerprint density at radius 3 is 0.545 bits per heavy atom. The molecule has 0 aliphatic carbocycles. The predicted molar refractivity (Wildman–Crippen MR) is 216 cm³/mol. The summed E-state index contributed by atoms with van der Waals surface area (Å²) in [6.07, 6.45) is 34.1. The van der Waals surface area contributed by atoms with E-state index in [1.807, 2.05) is 9.76 Å². The van der Waals surface area contributed by atoms with E-state index in [2.05, 4.69) is 62.3 Å². The Bertz CT molecular complexity index is 585. The van der Waals surface area contributed by atoms with Gasteiger partial charge < -0.3 is 0 Å². The monoisotopic (exact) mass is 769 g/mol. The molecule has 44 heavy (non-hydrogen) atoms. The summed E-state index contributed by atoms with van der Waals surface area (Å²) in [5, 5.41) is 0. The fraction of sp³-hybridized carbons (Fsp3) is 0.947. The van der Waals surface area contributed by atoms with Gasteiger partial charge in [0.15, 0.2) is 0 Å². The van der Waals surface area contributed by atoms with Gasteiger partial charge in [-0.25, -0.2) is 0 Å². The minimum atomic E-state index is -4.34. The number of unbranched alkanes of at least 4 members (excludes halogenated alkanes) is 9. The van der Waals surface area contributed by atoms with Crippen molar-refractivity contribution < 1.29 is 21.7 Å². The van der Waals surface area contributed by atoms with Gasteiger partial charge in [0, 0.05) is 0 Å². The minimum absolute atomic E-state index is 1.21. The van der Waals surface area contributed by atoms with Crippen LogP contribution in [0.4, 0.5) is 0 Å². The molecule has 0 N–H and O–H groups in total. The quantitative estimate of drug-likeness (QED) is 0.0388. The number of rotatable bonds is 32. The van der Waals surface area contributed by atoms with E-state index in [-0.39, 0.29) is 0 Å². The van der Waals surface area contributed by atoms with Gasteiger partial charge in [-0.05, 0) is 0 Å². The third-order valence-electron chi connectivity index (χ3n) is 11.5. The van der Waals surface area contributed by atoms with Crippen molar-refractivity contribution in [3.8, 4) is 0 Å². The SMILES string of the molecule is CCCC[PH](CCCC)(CCCC)[Ru]([CH]=O)([CH]=O)([PH](CCCC)(CCCC)CCCC)[PH](CCCC)(CCCC)CCCC. The Morgan fingerprint density at radius 1 is 0.318 bits per heavy atom. The van der Waals surface area contributed by atoms with Gasteiger partial charge >= 0.3 is 282 Å². The molecule has 0 amide bonds. The fourth-order valence-electron chi connectivity index (χ4n) is 8.99. The van der Waals surface area contributed by atoms with E-state index in [0.29, 0.717) is 0 Å². The van der Waals surface area contributed by atoms with Crippen molar-refractivity contribution in [3.05, 3.63) is 0 Å². The molecule has 0 aliphatic rings. The van der Waals surface area contributed by atoms with Crippen LogP contribution in [0.5, 0.6) is 0 Å². The fourth-order valence-corrected chi connectivity index (χ4v) is 157. The van der Waals surface area contributed by atoms with Gasteiger partial charge in [-0.3, -0.25) is 0 Å². The molecule has 0 atom stereocenters. The van der Waals surface area contributed by atoms with Crippen LogP contribution in [0.25, 0.3) is 0 Å². The summed E-state index contributed by atoms with van der Waals surface area (Å²) in [6.45, 7) is 21.4. The van der Waals surface area contributed by atoms with Crippen LogP contribution >= 0.6 is 16.8 Å². The van der Waals surface area contributed by atoms with Gasteiger partial charge in [-0.15, -0.1) is 0 Å². The molecule has 0 aromatic carbocycles. The number of carbonyl (C=O) groups is 2. The second-order valence-corrected chi connectivity index (χ2v) is 67.8. The molecule has 0 fully saturated rings. The molecule has 0 unspecified atom stereocenters. The summed E-state index contributed by atoms with van der Waals surface area (Å²) < 4.78 is 0. The molecular weight excluding hydrogens is 682 g/mol. The molecule has 0 saturated heterocycles. The van der Waals surface area contributed by atoms with Crippen molar-refractivity contribution in [3.63, 3.8) is 0 Å². The Balaban J connectivity index is 9.03. The zero-order valence-electron chi connectivity index (χ0n) is 31.9. The van der Waals surface area contributed by atoms with Crippen LogP contribution in [0.1, 0.15) is 178 Å². The van der Waals surface area contributed by atoms with Crippen LogP contribution < -0.4 is 0 Å². The van der Waals surface area contributed by atoms with E-state index in [1.54, 1.807) is 0 Å². The molecule has 0 radical (unpaired) electrons. The summed E-state index contributed by atoms with van der Waals surface area (Å²) in [4.78, 5) is 34.8. The van der Waals surface area contributed by atoms with Crippen molar-refractivity contribution in [2.75, 3.05) is 55.5 Å². The van der Waals surface area contributed by atoms with Gasteiger partial charge in [0.05, 0.1) is 0 Å². The van der Waals surface area contributed by atoms with E-state index in [1.165, 1.54) is 171 Å². The Morgan fingerprint density at radius 2 is 0.455 bits per heavy atom. The molecule has 6 heteroatoms. The van der Waals surface area contributed by atoms with E-state index in [9.17, 15) is 0 Å². The normalized spacial score (nSPS) is 15.1. The predicted octanol–water partition coefficient (Wildman–Crippen LogP) is 13.3. The van der Waals surface area contributed by atoms with Gasteiger partial charge in [-0.1, -0.05) is 0 Å². The first kappa shape index (κ1) is 45.3. The molecule has 2 nitrogen and oxygen atoms in total. The van der Waals surface area contributed by atoms with E-state index >= 15 is 9.59 Å². The molecule has 0 aliphatic heterocycles. The molecule has 0 heterocycles. The summed E-state index contributed by atoms with van der Waals surface area (Å²) >= 11 is -4.34. The molecular formula is C38H86O2P3Ru. The van der Waals surface area contributed by atoms with E-state index < -0.39 is 28.9 Å². The van der Waals surface area contributed by atoms with Gasteiger partial charge in [0.25, 0.3) is 0 Å². The average Bonchev–Trinajstić information content (AvgIpc) is 3.06. The summed E-state index contributed by atoms with van der Waals surface area (Å²) in [5.41, 5.74) is -6.88. The first-order valence-corrected chi connectivity index (χ1v) is 37.2. The molecule has 0 saturated carbocycles. The zero-order valence-corrected chi connectivity index (χ0v) is 36.7. The maximum absolute atomic E-state index is 15.5. The maximum atomic E-state index is 15.5. The van der Waals surface area contributed by atoms with E-state index in [4.69, 9.17) is 0 Å². The van der Waals surface area contributed by atoms with Crippen LogP contribution in [0.3, 0.4) is 0 Å². The summed E-state index contributed by atoms with van der Waals surface area (Å²) in [7, 11) is 0. The summed E-state index contributed by atoms with van der Waals surface area (Å²) in [6, 6.07) is 0. The van der Waals surface area contributed by atoms with Crippen LogP contribution in [-0.2, 0) is 21.7 Å². The number of hydrogen-bond donors (Lipinski definition) is 0. The van der Waals surface area contributed by atoms with Gasteiger partial charge in [0.1, 0.15) is 0 Å². The Kier molecular flexibility index (Phi) is 25.1. The van der Waals surface area contributed by atoms with Crippen LogP contribution in [0, 0.1) is 0 Å². The Hall–Kier alpha value is 1.25. The van der Waals surface area contributed by atoms with Gasteiger partial charge in [0.2, 0.25) is 0 Å². The molecule has 0 aromatic rings. The average molecular weight is 769 g/mol. The van der Waals surface area contributed by atoms with Crippen molar-refractivity contribution in [2.45, 2.75) is 178 Å². The van der Waals surface area contributed by atoms with Crippen molar-refractivity contribution in [1.29, 1.82) is 0 Å². The van der Waals surface area contributed by atoms with Crippen LogP contribution in [0.15, 0.2) is 0 Å². The molecule has 0 bridgehead atoms. The van der Waals surface area contributed by atoms with Gasteiger partial charge in [-0.2, -0.15) is 0 Å². The number of hydrogen-bond acceptors (Lipinski definition) is 2. The number of carbonyl (C=O) groups excluding carboxylic acids is 2.